The van der Waals surface area contributed by atoms with Gasteiger partial charge in [-0.2, -0.15) is 8.42 Å². The molecule has 1 saturated carbocycles. The average molecular weight is 484 g/mol. The van der Waals surface area contributed by atoms with Crippen molar-refractivity contribution in [2.75, 3.05) is 12.9 Å². The largest absolute Gasteiger partial charge is 0.489 e. The molecule has 0 aromatic heterocycles. The number of aliphatic hydroxyl groups excluding tert-OH is 1. The Bertz CT molecular complexity index is 1010. The SMILES string of the molecule is CS(=O)(=O)OC[C@@H](NC(=O)OCc1ccccc1)[C@H](O)c1ccc(OC2CCC2)c(Cl)c1. The first-order valence-electron chi connectivity index (χ1n) is 10.2. The number of halogens is 1. The summed E-state index contributed by atoms with van der Waals surface area (Å²) >= 11 is 6.30. The standard InChI is InChI=1S/C22H26ClNO7S/c1-32(27,28)30-14-19(24-22(26)29-13-15-6-3-2-4-7-15)21(25)16-10-11-20(18(23)12-16)31-17-8-5-9-17/h2-4,6-7,10-12,17,19,21,25H,5,8-9,13-14H2,1H3,(H,24,26)/t19-,21-/m1/s1. The summed E-state index contributed by atoms with van der Waals surface area (Å²) in [6.07, 6.45) is 1.95. The molecule has 0 unspecified atom stereocenters. The first-order chi connectivity index (χ1) is 15.2. The van der Waals surface area contributed by atoms with E-state index in [9.17, 15) is 18.3 Å². The minimum absolute atomic E-state index is 0.0153. The number of carbonyl (C=O) groups excluding carboxylic acids is 1. The molecule has 2 aromatic carbocycles. The molecule has 0 saturated heterocycles. The van der Waals surface area contributed by atoms with Gasteiger partial charge >= 0.3 is 6.09 Å². The summed E-state index contributed by atoms with van der Waals surface area (Å²) in [6.45, 7) is -0.472. The van der Waals surface area contributed by atoms with Crippen molar-refractivity contribution < 1.29 is 32.0 Å². The third-order valence-corrected chi connectivity index (χ3v) is 5.86. The fraction of sp³-hybridized carbons (Fsp3) is 0.409. The highest BCUT2D eigenvalue weighted by Gasteiger charge is 2.27. The van der Waals surface area contributed by atoms with Crippen LogP contribution in [0.25, 0.3) is 0 Å². The second kappa shape index (κ2) is 11.0. The fourth-order valence-electron chi connectivity index (χ4n) is 3.02. The number of amides is 1. The van der Waals surface area contributed by atoms with Crippen molar-refractivity contribution in [3.05, 3.63) is 64.7 Å². The molecule has 2 aromatic rings. The van der Waals surface area contributed by atoms with Crippen molar-refractivity contribution in [2.45, 2.75) is 44.1 Å². The average Bonchev–Trinajstić information content (AvgIpc) is 2.72. The lowest BCUT2D eigenvalue weighted by Gasteiger charge is -2.27. The van der Waals surface area contributed by atoms with Gasteiger partial charge in [-0.05, 0) is 42.5 Å². The highest BCUT2D eigenvalue weighted by Crippen LogP contribution is 2.33. The molecule has 0 radical (unpaired) electrons. The van der Waals surface area contributed by atoms with Crippen LogP contribution in [0.4, 0.5) is 4.79 Å². The molecule has 174 valence electrons. The van der Waals surface area contributed by atoms with E-state index in [2.05, 4.69) is 5.32 Å². The number of hydrogen-bond acceptors (Lipinski definition) is 7. The maximum atomic E-state index is 12.3. The monoisotopic (exact) mass is 483 g/mol. The molecule has 3 rings (SSSR count). The lowest BCUT2D eigenvalue weighted by molar-refractivity contribution is 0.0827. The molecule has 1 aliphatic rings. The summed E-state index contributed by atoms with van der Waals surface area (Å²) < 4.78 is 38.7. The zero-order chi connectivity index (χ0) is 23.1. The topological polar surface area (TPSA) is 111 Å². The fourth-order valence-corrected chi connectivity index (χ4v) is 3.65. The van der Waals surface area contributed by atoms with E-state index in [1.807, 2.05) is 18.2 Å². The highest BCUT2D eigenvalue weighted by molar-refractivity contribution is 7.85. The molecule has 1 amide bonds. The third-order valence-electron chi connectivity index (χ3n) is 5.00. The van der Waals surface area contributed by atoms with E-state index in [0.29, 0.717) is 16.3 Å². The Balaban J connectivity index is 1.67. The molecule has 32 heavy (non-hydrogen) atoms. The van der Waals surface area contributed by atoms with Gasteiger partial charge < -0.3 is 19.9 Å². The van der Waals surface area contributed by atoms with Gasteiger partial charge in [0, 0.05) is 0 Å². The highest BCUT2D eigenvalue weighted by atomic mass is 35.5. The summed E-state index contributed by atoms with van der Waals surface area (Å²) in [5.74, 6) is 0.506. The Hall–Kier alpha value is -2.33. The minimum atomic E-state index is -3.80. The van der Waals surface area contributed by atoms with E-state index < -0.39 is 35.0 Å². The third kappa shape index (κ3) is 7.37. The molecule has 2 atom stereocenters. The number of rotatable bonds is 10. The van der Waals surface area contributed by atoms with Crippen LogP contribution in [0.15, 0.2) is 48.5 Å². The van der Waals surface area contributed by atoms with E-state index >= 15 is 0 Å². The van der Waals surface area contributed by atoms with Crippen molar-refractivity contribution in [1.29, 1.82) is 0 Å². The van der Waals surface area contributed by atoms with Gasteiger partial charge in [0.1, 0.15) is 18.5 Å². The number of carbonyl (C=O) groups is 1. The van der Waals surface area contributed by atoms with Crippen molar-refractivity contribution in [3.63, 3.8) is 0 Å². The Kier molecular flexibility index (Phi) is 8.36. The smallest absolute Gasteiger partial charge is 0.407 e. The summed E-state index contributed by atoms with van der Waals surface area (Å²) in [4.78, 5) is 12.3. The maximum absolute atomic E-state index is 12.3. The second-order valence-electron chi connectivity index (χ2n) is 7.61. The molecule has 10 heteroatoms. The number of ether oxygens (including phenoxy) is 2. The van der Waals surface area contributed by atoms with Crippen LogP contribution < -0.4 is 10.1 Å². The van der Waals surface area contributed by atoms with Crippen LogP contribution in [0.5, 0.6) is 5.75 Å². The van der Waals surface area contributed by atoms with E-state index in [1.165, 1.54) is 6.07 Å². The van der Waals surface area contributed by atoms with Crippen LogP contribution in [0.1, 0.15) is 36.5 Å². The first-order valence-corrected chi connectivity index (χ1v) is 12.4. The number of aliphatic hydroxyl groups is 1. The number of alkyl carbamates (subject to hydrolysis) is 1. The lowest BCUT2D eigenvalue weighted by Crippen LogP contribution is -2.43. The predicted molar refractivity (Wildman–Crippen MR) is 119 cm³/mol. The van der Waals surface area contributed by atoms with Gasteiger partial charge in [-0.3, -0.25) is 4.18 Å². The van der Waals surface area contributed by atoms with E-state index in [0.717, 1.165) is 31.1 Å². The molecule has 2 N–H and O–H groups in total. The summed E-state index contributed by atoms with van der Waals surface area (Å²) in [5, 5.41) is 13.6. The number of benzene rings is 2. The zero-order valence-corrected chi connectivity index (χ0v) is 19.1. The van der Waals surface area contributed by atoms with Crippen LogP contribution >= 0.6 is 11.6 Å². The van der Waals surface area contributed by atoms with E-state index in [-0.39, 0.29) is 12.7 Å². The second-order valence-corrected chi connectivity index (χ2v) is 9.66. The first kappa shape index (κ1) is 24.3. The molecule has 0 aliphatic heterocycles. The summed E-state index contributed by atoms with van der Waals surface area (Å²) in [7, 11) is -3.80. The normalized spacial score (nSPS) is 16.0. The van der Waals surface area contributed by atoms with Gasteiger partial charge in [-0.1, -0.05) is 48.0 Å². The van der Waals surface area contributed by atoms with E-state index in [1.54, 1.807) is 24.3 Å². The van der Waals surface area contributed by atoms with Gasteiger partial charge in [-0.25, -0.2) is 4.79 Å². The van der Waals surface area contributed by atoms with Crippen molar-refractivity contribution in [3.8, 4) is 5.75 Å². The Labute approximate surface area is 192 Å². The van der Waals surface area contributed by atoms with Crippen LogP contribution in [-0.2, 0) is 25.6 Å². The summed E-state index contributed by atoms with van der Waals surface area (Å²) in [5.41, 5.74) is 1.14. The van der Waals surface area contributed by atoms with Crippen molar-refractivity contribution >= 4 is 27.8 Å². The van der Waals surface area contributed by atoms with Crippen LogP contribution in [0.3, 0.4) is 0 Å². The minimum Gasteiger partial charge on any atom is -0.489 e. The number of hydrogen-bond donors (Lipinski definition) is 2. The Morgan fingerprint density at radius 3 is 2.53 bits per heavy atom. The molecule has 1 aliphatic carbocycles. The van der Waals surface area contributed by atoms with E-state index in [4.69, 9.17) is 25.3 Å². The summed E-state index contributed by atoms with van der Waals surface area (Å²) in [6, 6.07) is 12.7. The molecule has 0 heterocycles. The Morgan fingerprint density at radius 1 is 1.22 bits per heavy atom. The van der Waals surface area contributed by atoms with Crippen molar-refractivity contribution in [1.82, 2.24) is 5.32 Å². The van der Waals surface area contributed by atoms with Crippen LogP contribution in [0, 0.1) is 0 Å². The van der Waals surface area contributed by atoms with Gasteiger partial charge in [0.05, 0.1) is 30.0 Å². The quantitative estimate of drug-likeness (QED) is 0.497. The predicted octanol–water partition coefficient (Wildman–Crippen LogP) is 3.58. The van der Waals surface area contributed by atoms with Crippen LogP contribution in [0.2, 0.25) is 5.02 Å². The molecular weight excluding hydrogens is 458 g/mol. The van der Waals surface area contributed by atoms with Gasteiger partial charge in [-0.15, -0.1) is 0 Å². The maximum Gasteiger partial charge on any atom is 0.407 e. The van der Waals surface area contributed by atoms with Gasteiger partial charge in [0.2, 0.25) is 0 Å². The molecular formula is C22H26ClNO7S. The van der Waals surface area contributed by atoms with Gasteiger partial charge in [0.15, 0.2) is 0 Å². The lowest BCUT2D eigenvalue weighted by atomic mass is 9.96. The Morgan fingerprint density at radius 2 is 1.94 bits per heavy atom. The zero-order valence-electron chi connectivity index (χ0n) is 17.6. The van der Waals surface area contributed by atoms with Crippen LogP contribution in [-0.4, -0.2) is 44.6 Å². The van der Waals surface area contributed by atoms with Crippen molar-refractivity contribution in [2.24, 2.45) is 0 Å². The molecule has 1 fully saturated rings. The molecule has 0 spiro atoms. The molecule has 0 bridgehead atoms. The number of nitrogens with one attached hydrogen (secondary N) is 1. The van der Waals surface area contributed by atoms with Gasteiger partial charge in [0.25, 0.3) is 10.1 Å². The molecule has 8 nitrogen and oxygen atoms in total.